The number of nitrogens with zero attached hydrogens (tertiary/aromatic N) is 4. The maximum atomic E-state index is 12.7. The molecule has 9 heteroatoms. The van der Waals surface area contributed by atoms with Gasteiger partial charge in [0.1, 0.15) is 5.69 Å². The predicted octanol–water partition coefficient (Wildman–Crippen LogP) is 2.12. The fourth-order valence-electron chi connectivity index (χ4n) is 3.80. The fraction of sp³-hybridized carbons (Fsp3) is 0.368. The van der Waals surface area contributed by atoms with Crippen molar-refractivity contribution >= 4 is 39.9 Å². The number of nitro groups is 1. The first-order valence-electron chi connectivity index (χ1n) is 9.12. The highest BCUT2D eigenvalue weighted by molar-refractivity contribution is 8.04. The highest BCUT2D eigenvalue weighted by Crippen LogP contribution is 2.34. The second-order valence-corrected chi connectivity index (χ2v) is 7.96. The van der Waals surface area contributed by atoms with Crippen molar-refractivity contribution in [2.45, 2.75) is 6.42 Å². The second-order valence-electron chi connectivity index (χ2n) is 6.82. The Morgan fingerprint density at radius 2 is 1.89 bits per heavy atom. The van der Waals surface area contributed by atoms with Gasteiger partial charge in [-0.3, -0.25) is 19.7 Å². The Balaban J connectivity index is 1.69. The summed E-state index contributed by atoms with van der Waals surface area (Å²) in [5, 5.41) is 12.4. The third-order valence-electron chi connectivity index (χ3n) is 5.23. The number of fused-ring (bicyclic) bond motifs is 1. The molecule has 8 nitrogen and oxygen atoms in total. The van der Waals surface area contributed by atoms with E-state index < -0.39 is 16.2 Å². The Kier molecular flexibility index (Phi) is 4.84. The molecule has 28 heavy (non-hydrogen) atoms. The molecule has 0 spiro atoms. The number of benzene rings is 1. The number of hydrogen-bond donors (Lipinski definition) is 0. The largest absolute Gasteiger partial charge is 0.362 e. The molecule has 1 fully saturated rings. The van der Waals surface area contributed by atoms with Crippen molar-refractivity contribution in [2.75, 3.05) is 36.8 Å². The summed E-state index contributed by atoms with van der Waals surface area (Å²) in [6.07, 6.45) is 2.88. The van der Waals surface area contributed by atoms with Crippen LogP contribution in [0.4, 0.5) is 11.4 Å². The second kappa shape index (κ2) is 7.31. The molecular formula is C19H20N4O4S. The van der Waals surface area contributed by atoms with Crippen LogP contribution in [0, 0.1) is 10.1 Å². The van der Waals surface area contributed by atoms with E-state index in [1.165, 1.54) is 4.57 Å². The zero-order valence-corrected chi connectivity index (χ0v) is 16.3. The number of thioether (sulfide) groups is 1. The van der Waals surface area contributed by atoms with Gasteiger partial charge in [-0.2, -0.15) is 0 Å². The molecule has 0 unspecified atom stereocenters. The van der Waals surface area contributed by atoms with Gasteiger partial charge in [0, 0.05) is 44.4 Å². The number of aromatic nitrogens is 1. The molecule has 2 aliphatic rings. The molecule has 0 bridgehead atoms. The van der Waals surface area contributed by atoms with Crippen molar-refractivity contribution in [3.63, 3.8) is 0 Å². The first-order valence-corrected chi connectivity index (χ1v) is 10.1. The van der Waals surface area contributed by atoms with Gasteiger partial charge < -0.3 is 14.4 Å². The van der Waals surface area contributed by atoms with Crippen LogP contribution in [0.3, 0.4) is 0 Å². The van der Waals surface area contributed by atoms with Gasteiger partial charge in [-0.25, -0.2) is 0 Å². The number of para-hydroxylation sites is 1. The van der Waals surface area contributed by atoms with Crippen molar-refractivity contribution in [1.29, 1.82) is 0 Å². The highest BCUT2D eigenvalue weighted by atomic mass is 32.2. The zero-order valence-electron chi connectivity index (χ0n) is 15.5. The Hall–Kier alpha value is -2.81. The molecule has 0 aliphatic carbocycles. The Bertz CT molecular complexity index is 1050. The molecule has 0 atom stereocenters. The third kappa shape index (κ3) is 3.05. The van der Waals surface area contributed by atoms with E-state index in [0.29, 0.717) is 42.8 Å². The topological polar surface area (TPSA) is 88.7 Å². The van der Waals surface area contributed by atoms with E-state index in [1.807, 2.05) is 17.0 Å². The number of piperazine rings is 1. The van der Waals surface area contributed by atoms with Crippen LogP contribution < -0.4 is 10.5 Å². The molecule has 2 aliphatic heterocycles. The maximum Gasteiger partial charge on any atom is 0.357 e. The minimum Gasteiger partial charge on any atom is -0.362 e. The summed E-state index contributed by atoms with van der Waals surface area (Å²) in [7, 11) is 1.55. The number of anilines is 1. The van der Waals surface area contributed by atoms with E-state index in [1.54, 1.807) is 41.9 Å². The van der Waals surface area contributed by atoms with Crippen LogP contribution in [0.5, 0.6) is 0 Å². The molecule has 0 N–H and O–H groups in total. The van der Waals surface area contributed by atoms with Crippen molar-refractivity contribution < 1.29 is 9.72 Å². The van der Waals surface area contributed by atoms with Crippen LogP contribution in [0.15, 0.2) is 40.0 Å². The molecule has 1 amide bonds. The van der Waals surface area contributed by atoms with E-state index in [2.05, 4.69) is 0 Å². The van der Waals surface area contributed by atoms with Crippen LogP contribution in [0.1, 0.15) is 6.42 Å². The van der Waals surface area contributed by atoms with Crippen LogP contribution >= 0.6 is 11.8 Å². The molecule has 0 saturated carbocycles. The van der Waals surface area contributed by atoms with Crippen molar-refractivity contribution in [2.24, 2.45) is 7.05 Å². The first-order chi connectivity index (χ1) is 13.5. The molecule has 4 rings (SSSR count). The summed E-state index contributed by atoms with van der Waals surface area (Å²) in [5.74, 6) is 0.970. The maximum absolute atomic E-state index is 12.7. The lowest BCUT2D eigenvalue weighted by molar-refractivity contribution is -0.385. The van der Waals surface area contributed by atoms with Crippen LogP contribution in [-0.2, 0) is 11.8 Å². The number of rotatable bonds is 3. The summed E-state index contributed by atoms with van der Waals surface area (Å²) < 4.78 is 1.32. The molecule has 0 radical (unpaired) electrons. The van der Waals surface area contributed by atoms with Gasteiger partial charge in [-0.15, -0.1) is 11.8 Å². The van der Waals surface area contributed by atoms with E-state index in [4.69, 9.17) is 0 Å². The number of carbonyl (C=O) groups excluding carboxylic acids is 1. The Labute approximate surface area is 165 Å². The van der Waals surface area contributed by atoms with Gasteiger partial charge in [-0.1, -0.05) is 24.3 Å². The lowest BCUT2D eigenvalue weighted by Crippen LogP contribution is -2.49. The van der Waals surface area contributed by atoms with E-state index in [-0.39, 0.29) is 5.91 Å². The van der Waals surface area contributed by atoms with Crippen molar-refractivity contribution in [1.82, 2.24) is 9.47 Å². The van der Waals surface area contributed by atoms with Crippen molar-refractivity contribution in [3.8, 4) is 0 Å². The highest BCUT2D eigenvalue weighted by Gasteiger charge is 2.32. The lowest BCUT2D eigenvalue weighted by Gasteiger charge is -2.36. The summed E-state index contributed by atoms with van der Waals surface area (Å²) in [6.45, 7) is 1.83. The summed E-state index contributed by atoms with van der Waals surface area (Å²) in [6, 6.07) is 7.20. The lowest BCUT2D eigenvalue weighted by atomic mass is 10.1. The molecule has 1 saturated heterocycles. The third-order valence-corrected chi connectivity index (χ3v) is 6.33. The molecule has 2 aromatic rings. The standard InChI is InChI=1S/C19H20N4O4S/c1-20-14-6-3-2-5-13(14)16(17(19(20)25)23(26)27)21-8-10-22(11-9-21)18(24)15-7-4-12-28-15/h2-3,5-7H,4,8-12H2,1H3. The zero-order chi connectivity index (χ0) is 19.8. The molecule has 146 valence electrons. The summed E-state index contributed by atoms with van der Waals surface area (Å²) >= 11 is 1.58. The van der Waals surface area contributed by atoms with Gasteiger partial charge >= 0.3 is 11.2 Å². The Morgan fingerprint density at radius 3 is 2.54 bits per heavy atom. The minimum absolute atomic E-state index is 0.0329. The Morgan fingerprint density at radius 1 is 1.18 bits per heavy atom. The van der Waals surface area contributed by atoms with Gasteiger partial charge in [0.25, 0.3) is 5.91 Å². The van der Waals surface area contributed by atoms with E-state index in [0.717, 1.165) is 17.1 Å². The monoisotopic (exact) mass is 400 g/mol. The van der Waals surface area contributed by atoms with Gasteiger partial charge in [-0.05, 0) is 12.5 Å². The minimum atomic E-state index is -0.621. The summed E-state index contributed by atoms with van der Waals surface area (Å²) in [5.41, 5.74) is -0.0240. The smallest absolute Gasteiger partial charge is 0.357 e. The number of aryl methyl sites for hydroxylation is 1. The van der Waals surface area contributed by atoms with Crippen molar-refractivity contribution in [3.05, 3.63) is 55.7 Å². The number of pyridine rings is 1. The number of carbonyl (C=O) groups is 1. The predicted molar refractivity (Wildman–Crippen MR) is 110 cm³/mol. The molecular weight excluding hydrogens is 380 g/mol. The van der Waals surface area contributed by atoms with Crippen LogP contribution in [0.2, 0.25) is 0 Å². The SMILES string of the molecule is Cn1c(=O)c([N+](=O)[O-])c(N2CCN(C(=O)C3=CCCS3)CC2)c2ccccc21. The molecule has 1 aromatic heterocycles. The number of amides is 1. The normalized spacial score (nSPS) is 17.1. The number of hydrogen-bond acceptors (Lipinski definition) is 6. The van der Waals surface area contributed by atoms with E-state index >= 15 is 0 Å². The molecule has 1 aromatic carbocycles. The quantitative estimate of drug-likeness (QED) is 0.579. The van der Waals surface area contributed by atoms with Gasteiger partial charge in [0.05, 0.1) is 15.3 Å². The van der Waals surface area contributed by atoms with Crippen LogP contribution in [0.25, 0.3) is 10.9 Å². The molecule has 3 heterocycles. The first kappa shape index (κ1) is 18.5. The summed E-state index contributed by atoms with van der Waals surface area (Å²) in [4.78, 5) is 40.8. The average molecular weight is 400 g/mol. The van der Waals surface area contributed by atoms with Crippen LogP contribution in [-0.4, -0.2) is 52.2 Å². The fourth-order valence-corrected chi connectivity index (χ4v) is 4.75. The average Bonchev–Trinajstić information content (AvgIpc) is 3.25. The van der Waals surface area contributed by atoms with Gasteiger partial charge in [0.2, 0.25) is 0 Å². The van der Waals surface area contributed by atoms with Gasteiger partial charge in [0.15, 0.2) is 0 Å². The van der Waals surface area contributed by atoms with E-state index in [9.17, 15) is 19.7 Å². The number of allylic oxidation sites excluding steroid dienone is 1.